The number of nitrogens with one attached hydrogen (secondary N) is 1. The first-order valence-corrected chi connectivity index (χ1v) is 5.56. The van der Waals surface area contributed by atoms with Gasteiger partial charge in [-0.05, 0) is 0 Å². The van der Waals surface area contributed by atoms with Crippen LogP contribution in [0.25, 0.3) is 0 Å². The van der Waals surface area contributed by atoms with Crippen LogP contribution in [0.3, 0.4) is 0 Å². The molecule has 0 aliphatic heterocycles. The van der Waals surface area contributed by atoms with Gasteiger partial charge in [0.1, 0.15) is 24.4 Å². The van der Waals surface area contributed by atoms with Gasteiger partial charge in [-0.2, -0.15) is 0 Å². The van der Waals surface area contributed by atoms with E-state index in [1.807, 2.05) is 0 Å². The number of hydrogen-bond acceptors (Lipinski definition) is 8. The van der Waals surface area contributed by atoms with E-state index in [0.717, 1.165) is 0 Å². The quantitative estimate of drug-likeness (QED) is 0.210. The van der Waals surface area contributed by atoms with Crippen molar-refractivity contribution in [3.05, 3.63) is 0 Å². The molecule has 0 bridgehead atoms. The molecule has 0 fully saturated rings. The third-order valence-electron chi connectivity index (χ3n) is 2.43. The predicted molar refractivity (Wildman–Crippen MR) is 61.8 cm³/mol. The van der Waals surface area contributed by atoms with E-state index in [9.17, 15) is 24.6 Å². The summed E-state index contributed by atoms with van der Waals surface area (Å²) in [6.45, 7) is -1.60. The van der Waals surface area contributed by atoms with Gasteiger partial charge >= 0.3 is 11.9 Å². The van der Waals surface area contributed by atoms with Crippen molar-refractivity contribution in [2.24, 2.45) is 0 Å². The predicted octanol–water partition coefficient (Wildman–Crippen LogP) is -3.85. The number of carbonyl (C=O) groups is 3. The highest BCUT2D eigenvalue weighted by Gasteiger charge is 2.30. The Labute approximate surface area is 113 Å². The Balaban J connectivity index is 4.44. The van der Waals surface area contributed by atoms with Gasteiger partial charge in [0, 0.05) is 0 Å². The number of carboxylic acids is 2. The summed E-state index contributed by atoms with van der Waals surface area (Å²) in [5, 5.41) is 55.4. The van der Waals surface area contributed by atoms with E-state index in [1.165, 1.54) is 0 Å². The number of rotatable bonds is 10. The third-order valence-corrected chi connectivity index (χ3v) is 2.43. The summed E-state index contributed by atoms with van der Waals surface area (Å²) >= 11 is 0. The Bertz CT molecular complexity index is 359. The van der Waals surface area contributed by atoms with Crippen molar-refractivity contribution in [3.63, 3.8) is 0 Å². The Kier molecular flexibility index (Phi) is 7.87. The third kappa shape index (κ3) is 6.04. The molecule has 0 aromatic rings. The maximum absolute atomic E-state index is 11.4. The summed E-state index contributed by atoms with van der Waals surface area (Å²) in [6.07, 6.45) is -6.48. The molecule has 0 rings (SSSR count). The SMILES string of the molecule is O=C(O)CC(NCC(=O)C(O)C(O)C(O)CO)C(=O)O. The van der Waals surface area contributed by atoms with Crippen LogP contribution >= 0.6 is 0 Å². The summed E-state index contributed by atoms with van der Waals surface area (Å²) in [6, 6.07) is -1.54. The summed E-state index contributed by atoms with van der Waals surface area (Å²) in [7, 11) is 0. The topological polar surface area (TPSA) is 185 Å². The van der Waals surface area contributed by atoms with Crippen LogP contribution < -0.4 is 5.32 Å². The molecule has 0 aromatic carbocycles. The number of aliphatic carboxylic acids is 2. The number of aliphatic hydroxyl groups excluding tert-OH is 4. The molecule has 10 heteroatoms. The maximum atomic E-state index is 11.4. The molecule has 0 aliphatic carbocycles. The van der Waals surface area contributed by atoms with Crippen LogP contribution in [0.4, 0.5) is 0 Å². The van der Waals surface area contributed by atoms with Crippen LogP contribution in [-0.4, -0.2) is 85.9 Å². The van der Waals surface area contributed by atoms with Gasteiger partial charge in [0.05, 0.1) is 19.6 Å². The van der Waals surface area contributed by atoms with Crippen molar-refractivity contribution in [1.82, 2.24) is 5.32 Å². The zero-order valence-electron chi connectivity index (χ0n) is 10.3. The van der Waals surface area contributed by atoms with Gasteiger partial charge in [0.25, 0.3) is 0 Å². The number of carboxylic acid groups (broad SMARTS) is 2. The second kappa shape index (κ2) is 8.55. The molecule has 0 aliphatic rings. The van der Waals surface area contributed by atoms with Crippen LogP contribution in [-0.2, 0) is 14.4 Å². The van der Waals surface area contributed by atoms with Crippen molar-refractivity contribution >= 4 is 17.7 Å². The number of Topliss-reactive ketones (excluding diaryl/α,β-unsaturated/α-hetero) is 1. The van der Waals surface area contributed by atoms with Crippen molar-refractivity contribution in [2.75, 3.05) is 13.2 Å². The standard InChI is InChI=1S/C10H17NO9/c12-3-6(14)9(18)8(17)5(13)2-11-4(10(19)20)1-7(15)16/h4,6,8-9,11-12,14,17-18H,1-3H2,(H,15,16)(H,19,20). The van der Waals surface area contributed by atoms with Crippen molar-refractivity contribution in [3.8, 4) is 0 Å². The van der Waals surface area contributed by atoms with Gasteiger partial charge in [-0.25, -0.2) is 0 Å². The van der Waals surface area contributed by atoms with Crippen LogP contribution in [0.15, 0.2) is 0 Å². The number of ketones is 1. The summed E-state index contributed by atoms with van der Waals surface area (Å²) < 4.78 is 0. The Morgan fingerprint density at radius 2 is 1.60 bits per heavy atom. The second-order valence-corrected chi connectivity index (χ2v) is 4.02. The average Bonchev–Trinajstić information content (AvgIpc) is 2.39. The number of aliphatic hydroxyl groups is 4. The molecule has 4 atom stereocenters. The van der Waals surface area contributed by atoms with E-state index >= 15 is 0 Å². The molecule has 20 heavy (non-hydrogen) atoms. The highest BCUT2D eigenvalue weighted by molar-refractivity contribution is 5.86. The molecule has 0 spiro atoms. The minimum atomic E-state index is -2.04. The lowest BCUT2D eigenvalue weighted by Crippen LogP contribution is -2.49. The molecule has 0 aromatic heterocycles. The van der Waals surface area contributed by atoms with Gasteiger partial charge in [0.2, 0.25) is 0 Å². The lowest BCUT2D eigenvalue weighted by Gasteiger charge is -2.21. The molecule has 7 N–H and O–H groups in total. The van der Waals surface area contributed by atoms with Gasteiger partial charge in [-0.1, -0.05) is 0 Å². The Morgan fingerprint density at radius 3 is 2.00 bits per heavy atom. The molecule has 4 unspecified atom stereocenters. The molecule has 0 amide bonds. The molecule has 10 nitrogen and oxygen atoms in total. The lowest BCUT2D eigenvalue weighted by atomic mass is 10.0. The molecule has 0 radical (unpaired) electrons. The zero-order chi connectivity index (χ0) is 15.9. The summed E-state index contributed by atoms with van der Waals surface area (Å²) in [4.78, 5) is 32.5. The van der Waals surface area contributed by atoms with Gasteiger partial charge in [-0.3, -0.25) is 19.7 Å². The highest BCUT2D eigenvalue weighted by atomic mass is 16.4. The van der Waals surface area contributed by atoms with Crippen LogP contribution in [0.5, 0.6) is 0 Å². The first-order chi connectivity index (χ1) is 9.20. The minimum absolute atomic E-state index is 0.722. The average molecular weight is 295 g/mol. The zero-order valence-corrected chi connectivity index (χ0v) is 10.3. The monoisotopic (exact) mass is 295 g/mol. The van der Waals surface area contributed by atoms with E-state index in [0.29, 0.717) is 0 Å². The highest BCUT2D eigenvalue weighted by Crippen LogP contribution is 2.02. The smallest absolute Gasteiger partial charge is 0.321 e. The molecular formula is C10H17NO9. The fraction of sp³-hybridized carbons (Fsp3) is 0.700. The molecule has 0 heterocycles. The fourth-order valence-corrected chi connectivity index (χ4v) is 1.26. The van der Waals surface area contributed by atoms with Crippen molar-refractivity contribution < 1.29 is 45.0 Å². The number of hydrogen-bond donors (Lipinski definition) is 7. The van der Waals surface area contributed by atoms with Gasteiger partial charge < -0.3 is 30.6 Å². The van der Waals surface area contributed by atoms with E-state index in [1.54, 1.807) is 0 Å². The minimum Gasteiger partial charge on any atom is -0.481 e. The largest absolute Gasteiger partial charge is 0.481 e. The normalized spacial score (nSPS) is 17.0. The molecule has 0 saturated heterocycles. The van der Waals surface area contributed by atoms with E-state index in [2.05, 4.69) is 5.32 Å². The molecule has 0 saturated carbocycles. The first kappa shape index (κ1) is 18.4. The Hall–Kier alpha value is -1.59. The molecule has 116 valence electrons. The van der Waals surface area contributed by atoms with Crippen molar-refractivity contribution in [2.45, 2.75) is 30.8 Å². The molecular weight excluding hydrogens is 278 g/mol. The van der Waals surface area contributed by atoms with Gasteiger partial charge in [0.15, 0.2) is 5.78 Å². The fourth-order valence-electron chi connectivity index (χ4n) is 1.26. The second-order valence-electron chi connectivity index (χ2n) is 4.02. The van der Waals surface area contributed by atoms with E-state index in [4.69, 9.17) is 20.4 Å². The van der Waals surface area contributed by atoms with E-state index in [-0.39, 0.29) is 0 Å². The van der Waals surface area contributed by atoms with Crippen LogP contribution in [0.1, 0.15) is 6.42 Å². The summed E-state index contributed by atoms with van der Waals surface area (Å²) in [5.41, 5.74) is 0. The first-order valence-electron chi connectivity index (χ1n) is 5.56. The van der Waals surface area contributed by atoms with Crippen molar-refractivity contribution in [1.29, 1.82) is 0 Å². The lowest BCUT2D eigenvalue weighted by molar-refractivity contribution is -0.146. The van der Waals surface area contributed by atoms with Crippen LogP contribution in [0, 0.1) is 0 Å². The van der Waals surface area contributed by atoms with E-state index < -0.39 is 61.6 Å². The number of carbonyl (C=O) groups excluding carboxylic acids is 1. The maximum Gasteiger partial charge on any atom is 0.321 e. The van der Waals surface area contributed by atoms with Gasteiger partial charge in [-0.15, -0.1) is 0 Å². The van der Waals surface area contributed by atoms with Crippen LogP contribution in [0.2, 0.25) is 0 Å². The Morgan fingerprint density at radius 1 is 1.05 bits per heavy atom. The summed E-state index contributed by atoms with van der Waals surface area (Å²) in [5.74, 6) is -3.94.